The molecule has 0 aromatic carbocycles. The van der Waals surface area contributed by atoms with Gasteiger partial charge in [-0.25, -0.2) is 0 Å². The third kappa shape index (κ3) is 6.63. The van der Waals surface area contributed by atoms with Crippen molar-refractivity contribution in [2.45, 2.75) is 0 Å². The number of hydrogen-bond acceptors (Lipinski definition) is 3. The molecule has 0 aliphatic carbocycles. The number of amides is 1. The third-order valence-electron chi connectivity index (χ3n) is 0.906. The highest BCUT2D eigenvalue weighted by molar-refractivity contribution is 5.78. The molecule has 0 atom stereocenters. The minimum Gasteiger partial charge on any atom is -0.383 e. The normalized spacial score (nSPS) is 8.45. The average Bonchev–Trinajstić information content (AvgIpc) is 2.01. The van der Waals surface area contributed by atoms with E-state index in [0.717, 1.165) is 0 Å². The number of nitrogens with zero attached hydrogens (tertiary/aromatic N) is 3. The van der Waals surface area contributed by atoms with E-state index in [1.165, 1.54) is 0 Å². The zero-order chi connectivity index (χ0) is 8.53. The molecule has 0 heterocycles. The summed E-state index contributed by atoms with van der Waals surface area (Å²) in [5, 5.41) is 5.57. The smallest absolute Gasteiger partial charge is 0.225 e. The second kappa shape index (κ2) is 6.85. The van der Waals surface area contributed by atoms with Crippen LogP contribution in [0.5, 0.6) is 0 Å². The summed E-state index contributed by atoms with van der Waals surface area (Å²) in [5.41, 5.74) is 7.84. The molecule has 0 rings (SSSR count). The van der Waals surface area contributed by atoms with Gasteiger partial charge in [-0.15, -0.1) is 0 Å². The topological polar surface area (TPSA) is 87.1 Å². The third-order valence-corrected chi connectivity index (χ3v) is 0.906. The van der Waals surface area contributed by atoms with E-state index in [0.29, 0.717) is 13.2 Å². The Morgan fingerprint density at radius 1 is 1.82 bits per heavy atom. The molecule has 1 N–H and O–H groups in total. The Balaban J connectivity index is 3.29. The van der Waals surface area contributed by atoms with Crippen LogP contribution in [-0.4, -0.2) is 32.7 Å². The SMILES string of the molecule is COCCNC(=O)CN=[N+]=[N-]. The first-order chi connectivity index (χ1) is 5.31. The highest BCUT2D eigenvalue weighted by Gasteiger charge is 1.95. The van der Waals surface area contributed by atoms with Crippen LogP contribution in [0.1, 0.15) is 0 Å². The highest BCUT2D eigenvalue weighted by atomic mass is 16.5. The van der Waals surface area contributed by atoms with E-state index >= 15 is 0 Å². The molecule has 0 saturated carbocycles. The Labute approximate surface area is 64.2 Å². The van der Waals surface area contributed by atoms with Crippen LogP contribution in [0.2, 0.25) is 0 Å². The zero-order valence-corrected chi connectivity index (χ0v) is 6.28. The lowest BCUT2D eigenvalue weighted by Gasteiger charge is -1.99. The van der Waals surface area contributed by atoms with E-state index in [9.17, 15) is 4.79 Å². The molecular formula is C5H10N4O2. The van der Waals surface area contributed by atoms with Gasteiger partial charge in [0.2, 0.25) is 5.91 Å². The fraction of sp³-hybridized carbons (Fsp3) is 0.800. The summed E-state index contributed by atoms with van der Waals surface area (Å²) in [4.78, 5) is 13.1. The minimum atomic E-state index is -0.292. The van der Waals surface area contributed by atoms with Crippen molar-refractivity contribution in [2.75, 3.05) is 26.8 Å². The first-order valence-electron chi connectivity index (χ1n) is 3.07. The Kier molecular flexibility index (Phi) is 6.07. The van der Waals surface area contributed by atoms with Crippen molar-refractivity contribution in [1.82, 2.24) is 5.32 Å². The summed E-state index contributed by atoms with van der Waals surface area (Å²) >= 11 is 0. The van der Waals surface area contributed by atoms with Crippen LogP contribution >= 0.6 is 0 Å². The van der Waals surface area contributed by atoms with Gasteiger partial charge in [-0.05, 0) is 5.53 Å². The molecule has 0 spiro atoms. The summed E-state index contributed by atoms with van der Waals surface area (Å²) in [6.07, 6.45) is 0. The molecule has 0 radical (unpaired) electrons. The number of carbonyl (C=O) groups is 1. The van der Waals surface area contributed by atoms with Gasteiger partial charge in [-0.2, -0.15) is 0 Å². The van der Waals surface area contributed by atoms with Crippen LogP contribution in [-0.2, 0) is 9.53 Å². The molecule has 11 heavy (non-hydrogen) atoms. The number of rotatable bonds is 5. The van der Waals surface area contributed by atoms with Gasteiger partial charge in [0.1, 0.15) is 6.54 Å². The summed E-state index contributed by atoms with van der Waals surface area (Å²) in [7, 11) is 1.54. The quantitative estimate of drug-likeness (QED) is 0.265. The van der Waals surface area contributed by atoms with Crippen molar-refractivity contribution in [1.29, 1.82) is 0 Å². The fourth-order valence-corrected chi connectivity index (χ4v) is 0.444. The first-order valence-corrected chi connectivity index (χ1v) is 3.07. The standard InChI is InChI=1S/C5H10N4O2/c1-11-3-2-7-5(10)4-8-9-6/h2-4H2,1H3,(H,7,10). The molecule has 0 bridgehead atoms. The van der Waals surface area contributed by atoms with Gasteiger partial charge in [-0.1, -0.05) is 5.11 Å². The van der Waals surface area contributed by atoms with E-state index in [1.54, 1.807) is 7.11 Å². The molecule has 0 saturated heterocycles. The number of nitrogens with one attached hydrogen (secondary N) is 1. The van der Waals surface area contributed by atoms with Gasteiger partial charge in [0.05, 0.1) is 6.61 Å². The zero-order valence-electron chi connectivity index (χ0n) is 6.28. The van der Waals surface area contributed by atoms with Gasteiger partial charge < -0.3 is 10.1 Å². The Morgan fingerprint density at radius 3 is 3.09 bits per heavy atom. The van der Waals surface area contributed by atoms with Crippen molar-refractivity contribution in [2.24, 2.45) is 5.11 Å². The molecule has 0 unspecified atom stereocenters. The number of methoxy groups -OCH3 is 1. The van der Waals surface area contributed by atoms with E-state index in [-0.39, 0.29) is 12.5 Å². The molecule has 6 heteroatoms. The van der Waals surface area contributed by atoms with Crippen LogP contribution in [0.15, 0.2) is 5.11 Å². The minimum absolute atomic E-state index is 0.153. The van der Waals surface area contributed by atoms with Crippen molar-refractivity contribution < 1.29 is 9.53 Å². The van der Waals surface area contributed by atoms with Crippen molar-refractivity contribution in [3.63, 3.8) is 0 Å². The largest absolute Gasteiger partial charge is 0.383 e. The summed E-state index contributed by atoms with van der Waals surface area (Å²) in [6.45, 7) is 0.749. The van der Waals surface area contributed by atoms with Crippen LogP contribution in [0.25, 0.3) is 10.4 Å². The first kappa shape index (κ1) is 9.74. The lowest BCUT2D eigenvalue weighted by Crippen LogP contribution is -2.28. The predicted octanol–water partition coefficient (Wildman–Crippen LogP) is 0.0593. The lowest BCUT2D eigenvalue weighted by molar-refractivity contribution is -0.119. The van der Waals surface area contributed by atoms with Gasteiger partial charge in [-0.3, -0.25) is 4.79 Å². The van der Waals surface area contributed by atoms with Crippen molar-refractivity contribution >= 4 is 5.91 Å². The van der Waals surface area contributed by atoms with Crippen molar-refractivity contribution in [3.05, 3.63) is 10.4 Å². The lowest BCUT2D eigenvalue weighted by atomic mass is 10.5. The second-order valence-electron chi connectivity index (χ2n) is 1.73. The van der Waals surface area contributed by atoms with E-state index < -0.39 is 0 Å². The molecule has 6 nitrogen and oxygen atoms in total. The van der Waals surface area contributed by atoms with E-state index in [4.69, 9.17) is 5.53 Å². The molecule has 0 aliphatic heterocycles. The highest BCUT2D eigenvalue weighted by Crippen LogP contribution is 1.72. The number of hydrogen-bond donors (Lipinski definition) is 1. The predicted molar refractivity (Wildman–Crippen MR) is 38.9 cm³/mol. The second-order valence-corrected chi connectivity index (χ2v) is 1.73. The monoisotopic (exact) mass is 158 g/mol. The molecule has 1 amide bonds. The molecular weight excluding hydrogens is 148 g/mol. The maximum absolute atomic E-state index is 10.6. The van der Waals surface area contributed by atoms with Crippen LogP contribution in [0.4, 0.5) is 0 Å². The molecule has 0 aromatic rings. The molecule has 0 fully saturated rings. The summed E-state index contributed by atoms with van der Waals surface area (Å²) < 4.78 is 4.68. The maximum atomic E-state index is 10.6. The molecule has 62 valence electrons. The summed E-state index contributed by atoms with van der Waals surface area (Å²) in [5.74, 6) is -0.292. The van der Waals surface area contributed by atoms with Gasteiger partial charge in [0.15, 0.2) is 0 Å². The number of azide groups is 1. The summed E-state index contributed by atoms with van der Waals surface area (Å²) in [6, 6.07) is 0. The Morgan fingerprint density at radius 2 is 2.55 bits per heavy atom. The maximum Gasteiger partial charge on any atom is 0.225 e. The average molecular weight is 158 g/mol. The Hall–Kier alpha value is -1.26. The van der Waals surface area contributed by atoms with Gasteiger partial charge in [0.25, 0.3) is 0 Å². The van der Waals surface area contributed by atoms with Gasteiger partial charge in [0, 0.05) is 18.6 Å². The van der Waals surface area contributed by atoms with Gasteiger partial charge >= 0.3 is 0 Å². The van der Waals surface area contributed by atoms with E-state index in [2.05, 4.69) is 20.1 Å². The van der Waals surface area contributed by atoms with Crippen molar-refractivity contribution in [3.8, 4) is 0 Å². The molecule has 0 aromatic heterocycles. The van der Waals surface area contributed by atoms with Crippen LogP contribution in [0, 0.1) is 0 Å². The Bertz CT molecular complexity index is 164. The van der Waals surface area contributed by atoms with Crippen LogP contribution < -0.4 is 5.32 Å². The molecule has 0 aliphatic rings. The number of carbonyl (C=O) groups excluding carboxylic acids is 1. The van der Waals surface area contributed by atoms with E-state index in [1.807, 2.05) is 0 Å². The van der Waals surface area contributed by atoms with Crippen LogP contribution in [0.3, 0.4) is 0 Å². The fourth-order valence-electron chi connectivity index (χ4n) is 0.444. The number of ether oxygens (including phenoxy) is 1.